The third-order valence-corrected chi connectivity index (χ3v) is 6.68. The summed E-state index contributed by atoms with van der Waals surface area (Å²) in [6.07, 6.45) is 4.11. The lowest BCUT2D eigenvalue weighted by Gasteiger charge is -2.30. The summed E-state index contributed by atoms with van der Waals surface area (Å²) in [6.45, 7) is 11.1. The molecule has 1 atom stereocenters. The van der Waals surface area contributed by atoms with Gasteiger partial charge in [0.2, 0.25) is 0 Å². The van der Waals surface area contributed by atoms with Crippen molar-refractivity contribution in [3.05, 3.63) is 35.9 Å². The Morgan fingerprint density at radius 3 is 2.00 bits per heavy atom. The molecule has 0 aliphatic heterocycles. The fraction of sp³-hybridized carbons (Fsp3) is 0.700. The average Bonchev–Trinajstić information content (AvgIpc) is 2.65. The summed E-state index contributed by atoms with van der Waals surface area (Å²) in [5.41, 5.74) is 1.21. The van der Waals surface area contributed by atoms with Crippen molar-refractivity contribution >= 4 is 8.80 Å². The van der Waals surface area contributed by atoms with E-state index in [0.717, 1.165) is 31.7 Å². The van der Waals surface area contributed by atoms with E-state index in [2.05, 4.69) is 39.8 Å². The SMILES string of the molecule is CCCO[Si](Cc1ccccc1)(OCCC)OCCCOC(C)CC. The molecule has 0 aliphatic carbocycles. The van der Waals surface area contributed by atoms with E-state index in [0.29, 0.717) is 32.5 Å². The van der Waals surface area contributed by atoms with Crippen LogP contribution in [0.2, 0.25) is 0 Å². The second-order valence-corrected chi connectivity index (χ2v) is 8.92. The van der Waals surface area contributed by atoms with Crippen molar-refractivity contribution in [2.75, 3.05) is 26.4 Å². The molecule has 1 rings (SSSR count). The van der Waals surface area contributed by atoms with Crippen LogP contribution in [-0.4, -0.2) is 41.3 Å². The van der Waals surface area contributed by atoms with E-state index in [1.54, 1.807) is 0 Å². The molecule has 0 heterocycles. The van der Waals surface area contributed by atoms with Crippen molar-refractivity contribution in [1.82, 2.24) is 0 Å². The standard InChI is InChI=1S/C20H36O4Si/c1-5-14-22-25(23-15-6-2,18-20-12-9-8-10-13-20)24-17-11-16-21-19(4)7-3/h8-10,12-13,19H,5-7,11,14-18H2,1-4H3. The smallest absolute Gasteiger partial charge is 0.378 e. The molecule has 1 aromatic rings. The Kier molecular flexibility index (Phi) is 12.0. The van der Waals surface area contributed by atoms with Gasteiger partial charge in [0.1, 0.15) is 0 Å². The first-order chi connectivity index (χ1) is 12.2. The van der Waals surface area contributed by atoms with E-state index in [4.69, 9.17) is 18.0 Å². The van der Waals surface area contributed by atoms with Crippen LogP contribution in [-0.2, 0) is 24.1 Å². The zero-order valence-electron chi connectivity index (χ0n) is 16.5. The average molecular weight is 369 g/mol. The Hall–Kier alpha value is -0.723. The maximum absolute atomic E-state index is 6.27. The van der Waals surface area contributed by atoms with Crippen LogP contribution in [0.1, 0.15) is 58.9 Å². The molecule has 0 bridgehead atoms. The van der Waals surface area contributed by atoms with Crippen molar-refractivity contribution in [3.63, 3.8) is 0 Å². The monoisotopic (exact) mass is 368 g/mol. The predicted molar refractivity (Wildman–Crippen MR) is 105 cm³/mol. The van der Waals surface area contributed by atoms with Gasteiger partial charge in [-0.25, -0.2) is 0 Å². The van der Waals surface area contributed by atoms with Crippen molar-refractivity contribution in [1.29, 1.82) is 0 Å². The molecular formula is C20H36O4Si. The fourth-order valence-electron chi connectivity index (χ4n) is 2.33. The van der Waals surface area contributed by atoms with Gasteiger partial charge in [-0.3, -0.25) is 0 Å². The van der Waals surface area contributed by atoms with Crippen LogP contribution in [0, 0.1) is 0 Å². The zero-order chi connectivity index (χ0) is 18.4. The van der Waals surface area contributed by atoms with E-state index in [1.165, 1.54) is 5.56 Å². The van der Waals surface area contributed by atoms with Gasteiger partial charge in [-0.15, -0.1) is 0 Å². The van der Waals surface area contributed by atoms with Crippen LogP contribution in [0.5, 0.6) is 0 Å². The van der Waals surface area contributed by atoms with E-state index in [1.807, 2.05) is 18.2 Å². The highest BCUT2D eigenvalue weighted by atomic mass is 28.4. The molecular weight excluding hydrogens is 332 g/mol. The molecule has 4 nitrogen and oxygen atoms in total. The molecule has 0 N–H and O–H groups in total. The molecule has 0 spiro atoms. The summed E-state index contributed by atoms with van der Waals surface area (Å²) in [4.78, 5) is 0. The maximum atomic E-state index is 6.27. The van der Waals surface area contributed by atoms with Crippen molar-refractivity contribution in [2.45, 2.75) is 65.5 Å². The predicted octanol–water partition coefficient (Wildman–Crippen LogP) is 4.78. The van der Waals surface area contributed by atoms with Crippen LogP contribution in [0.15, 0.2) is 30.3 Å². The summed E-state index contributed by atoms with van der Waals surface area (Å²) in [6, 6.07) is 11.1. The number of hydrogen-bond donors (Lipinski definition) is 0. The van der Waals surface area contributed by atoms with Gasteiger partial charge in [-0.05, 0) is 38.2 Å². The van der Waals surface area contributed by atoms with E-state index in [9.17, 15) is 0 Å². The van der Waals surface area contributed by atoms with Crippen LogP contribution < -0.4 is 0 Å². The van der Waals surface area contributed by atoms with Crippen LogP contribution >= 0.6 is 0 Å². The molecule has 25 heavy (non-hydrogen) atoms. The van der Waals surface area contributed by atoms with Crippen molar-refractivity contribution in [2.24, 2.45) is 0 Å². The van der Waals surface area contributed by atoms with Gasteiger partial charge in [0.25, 0.3) is 0 Å². The normalized spacial score (nSPS) is 13.1. The Balaban J connectivity index is 2.66. The van der Waals surface area contributed by atoms with Crippen molar-refractivity contribution < 1.29 is 18.0 Å². The van der Waals surface area contributed by atoms with E-state index >= 15 is 0 Å². The van der Waals surface area contributed by atoms with Gasteiger partial charge in [0, 0.05) is 32.5 Å². The Morgan fingerprint density at radius 1 is 0.840 bits per heavy atom. The summed E-state index contributed by atoms with van der Waals surface area (Å²) < 4.78 is 24.4. The van der Waals surface area contributed by atoms with Gasteiger partial charge >= 0.3 is 8.80 Å². The fourth-order valence-corrected chi connectivity index (χ4v) is 5.11. The Labute approximate surface area is 155 Å². The molecule has 0 saturated carbocycles. The lowest BCUT2D eigenvalue weighted by molar-refractivity contribution is 0.0314. The topological polar surface area (TPSA) is 36.9 Å². The lowest BCUT2D eigenvalue weighted by Crippen LogP contribution is -2.49. The molecule has 0 aliphatic rings. The minimum Gasteiger partial charge on any atom is -0.378 e. The van der Waals surface area contributed by atoms with Gasteiger partial charge in [0.05, 0.1) is 6.10 Å². The van der Waals surface area contributed by atoms with Crippen molar-refractivity contribution in [3.8, 4) is 0 Å². The van der Waals surface area contributed by atoms with E-state index < -0.39 is 8.80 Å². The number of rotatable bonds is 15. The van der Waals surface area contributed by atoms with Gasteiger partial charge in [-0.2, -0.15) is 0 Å². The second kappa shape index (κ2) is 13.5. The van der Waals surface area contributed by atoms with Crippen LogP contribution in [0.25, 0.3) is 0 Å². The van der Waals surface area contributed by atoms with Gasteiger partial charge in [0.15, 0.2) is 0 Å². The zero-order valence-corrected chi connectivity index (χ0v) is 17.5. The highest BCUT2D eigenvalue weighted by molar-refractivity contribution is 6.60. The highest BCUT2D eigenvalue weighted by Crippen LogP contribution is 2.18. The summed E-state index contributed by atoms with van der Waals surface area (Å²) >= 11 is 0. The first-order valence-corrected chi connectivity index (χ1v) is 11.7. The molecule has 1 aromatic carbocycles. The first-order valence-electron chi connectivity index (χ1n) is 9.73. The maximum Gasteiger partial charge on any atom is 0.505 e. The quantitative estimate of drug-likeness (QED) is 0.330. The van der Waals surface area contributed by atoms with Crippen LogP contribution in [0.3, 0.4) is 0 Å². The molecule has 0 saturated heterocycles. The Morgan fingerprint density at radius 2 is 1.44 bits per heavy atom. The lowest BCUT2D eigenvalue weighted by atomic mass is 10.2. The summed E-state index contributed by atoms with van der Waals surface area (Å²) in [7, 11) is -2.72. The van der Waals surface area contributed by atoms with Gasteiger partial charge in [-0.1, -0.05) is 51.1 Å². The minimum absolute atomic E-state index is 0.305. The molecule has 144 valence electrons. The molecule has 1 unspecified atom stereocenters. The van der Waals surface area contributed by atoms with Crippen LogP contribution in [0.4, 0.5) is 0 Å². The Bertz CT molecular complexity index is 419. The molecule has 0 fully saturated rings. The molecule has 0 radical (unpaired) electrons. The largest absolute Gasteiger partial charge is 0.505 e. The number of hydrogen-bond acceptors (Lipinski definition) is 4. The number of benzene rings is 1. The minimum atomic E-state index is -2.72. The summed E-state index contributed by atoms with van der Waals surface area (Å²) in [5, 5.41) is 0. The highest BCUT2D eigenvalue weighted by Gasteiger charge is 2.41. The van der Waals surface area contributed by atoms with E-state index in [-0.39, 0.29) is 0 Å². The first kappa shape index (κ1) is 22.3. The van der Waals surface area contributed by atoms with Gasteiger partial charge < -0.3 is 18.0 Å². The molecule has 5 heteroatoms. The summed E-state index contributed by atoms with van der Waals surface area (Å²) in [5.74, 6) is 0. The third-order valence-electron chi connectivity index (χ3n) is 3.90. The number of ether oxygens (including phenoxy) is 1. The second-order valence-electron chi connectivity index (χ2n) is 6.33. The third kappa shape index (κ3) is 9.52. The molecule has 0 amide bonds. The molecule has 0 aromatic heterocycles.